The van der Waals surface area contributed by atoms with Crippen molar-refractivity contribution in [2.45, 2.75) is 27.2 Å². The summed E-state index contributed by atoms with van der Waals surface area (Å²) in [5, 5.41) is 13.9. The lowest BCUT2D eigenvalue weighted by molar-refractivity contribution is 0.810. The second kappa shape index (κ2) is 13.6. The van der Waals surface area contributed by atoms with Crippen molar-refractivity contribution in [1.29, 1.82) is 0 Å². The number of allylic oxidation sites excluding steroid dienone is 4. The van der Waals surface area contributed by atoms with E-state index >= 15 is 0 Å². The molecular formula is C35H37NS2. The fourth-order valence-electron chi connectivity index (χ4n) is 4.91. The summed E-state index contributed by atoms with van der Waals surface area (Å²) >= 11 is 5.41. The molecule has 38 heavy (non-hydrogen) atoms. The Hall–Kier alpha value is -3.14. The molecule has 194 valence electrons. The van der Waals surface area contributed by atoms with E-state index in [4.69, 9.17) is 0 Å². The maximum Gasteiger partial charge on any atom is 0.0164 e. The lowest BCUT2D eigenvalue weighted by Gasteiger charge is -2.13. The highest BCUT2D eigenvalue weighted by molar-refractivity contribution is 8.06. The normalized spacial score (nSPS) is 13.2. The van der Waals surface area contributed by atoms with Crippen molar-refractivity contribution in [1.82, 2.24) is 5.32 Å². The minimum Gasteiger partial charge on any atom is -0.391 e. The predicted molar refractivity (Wildman–Crippen MR) is 178 cm³/mol. The molecule has 1 aliphatic rings. The van der Waals surface area contributed by atoms with Crippen LogP contribution in [0.1, 0.15) is 38.3 Å². The van der Waals surface area contributed by atoms with Crippen molar-refractivity contribution in [2.24, 2.45) is 0 Å². The summed E-state index contributed by atoms with van der Waals surface area (Å²) < 4.78 is 0. The first-order chi connectivity index (χ1) is 18.7. The third kappa shape index (κ3) is 6.11. The highest BCUT2D eigenvalue weighted by Gasteiger charge is 2.10. The van der Waals surface area contributed by atoms with E-state index in [1.54, 1.807) is 6.26 Å². The molecular weight excluding hydrogens is 499 g/mol. The zero-order valence-electron chi connectivity index (χ0n) is 22.8. The molecule has 0 saturated carbocycles. The zero-order chi connectivity index (χ0) is 26.9. The summed E-state index contributed by atoms with van der Waals surface area (Å²) in [5.41, 5.74) is 6.19. The molecule has 4 aromatic carbocycles. The Labute approximate surface area is 237 Å². The third-order valence-electron chi connectivity index (χ3n) is 6.74. The summed E-state index contributed by atoms with van der Waals surface area (Å²) in [6.45, 7) is 7.41. The molecule has 0 saturated heterocycles. The average molecular weight is 536 g/mol. The van der Waals surface area contributed by atoms with Gasteiger partial charge in [-0.2, -0.15) is 12.6 Å². The van der Waals surface area contributed by atoms with E-state index in [0.717, 1.165) is 18.7 Å². The van der Waals surface area contributed by atoms with Crippen molar-refractivity contribution < 1.29 is 0 Å². The van der Waals surface area contributed by atoms with E-state index in [0.29, 0.717) is 0 Å². The van der Waals surface area contributed by atoms with Crippen molar-refractivity contribution >= 4 is 69.1 Å². The molecule has 0 unspecified atom stereocenters. The van der Waals surface area contributed by atoms with Crippen LogP contribution < -0.4 is 15.8 Å². The highest BCUT2D eigenvalue weighted by atomic mass is 32.2. The van der Waals surface area contributed by atoms with Gasteiger partial charge in [0.05, 0.1) is 0 Å². The van der Waals surface area contributed by atoms with Gasteiger partial charge in [0.1, 0.15) is 0 Å². The fraction of sp³-hybridized carbons (Fsp3) is 0.200. The SMILES string of the molecule is C/C=C\C=C\c1cc(/C(C)=C/NCCC)cc(-c2ccc3c(c2)c2c(c4ccccc43)=CCSC=2)c1.CS. The molecule has 1 aliphatic heterocycles. The Balaban J connectivity index is 0.00000164. The van der Waals surface area contributed by atoms with Crippen molar-refractivity contribution in [3.05, 3.63) is 107 Å². The Morgan fingerprint density at radius 2 is 1.68 bits per heavy atom. The smallest absolute Gasteiger partial charge is 0.0164 e. The third-order valence-corrected chi connectivity index (χ3v) is 7.50. The number of hydrogen-bond donors (Lipinski definition) is 2. The first-order valence-corrected chi connectivity index (χ1v) is 15.2. The molecule has 0 bridgehead atoms. The van der Waals surface area contributed by atoms with Crippen LogP contribution >= 0.6 is 24.4 Å². The van der Waals surface area contributed by atoms with Gasteiger partial charge in [0.25, 0.3) is 0 Å². The van der Waals surface area contributed by atoms with Gasteiger partial charge in [-0.1, -0.05) is 73.7 Å². The lowest BCUT2D eigenvalue weighted by Crippen LogP contribution is -2.28. The number of benzene rings is 4. The molecule has 0 radical (unpaired) electrons. The monoisotopic (exact) mass is 535 g/mol. The largest absolute Gasteiger partial charge is 0.391 e. The number of hydrogen-bond acceptors (Lipinski definition) is 3. The Bertz CT molecular complexity index is 1640. The topological polar surface area (TPSA) is 12.0 Å². The van der Waals surface area contributed by atoms with Gasteiger partial charge in [0, 0.05) is 12.3 Å². The van der Waals surface area contributed by atoms with Gasteiger partial charge in [-0.25, -0.2) is 0 Å². The van der Waals surface area contributed by atoms with Crippen LogP contribution in [0.5, 0.6) is 0 Å². The van der Waals surface area contributed by atoms with Crippen LogP contribution in [0.15, 0.2) is 85.1 Å². The molecule has 0 spiro atoms. The van der Waals surface area contributed by atoms with E-state index < -0.39 is 0 Å². The van der Waals surface area contributed by atoms with Crippen LogP contribution in [-0.2, 0) is 0 Å². The van der Waals surface area contributed by atoms with Crippen LogP contribution in [-0.4, -0.2) is 18.6 Å². The summed E-state index contributed by atoms with van der Waals surface area (Å²) in [6, 6.07) is 22.7. The number of nitrogens with one attached hydrogen (secondary N) is 1. The van der Waals surface area contributed by atoms with Gasteiger partial charge in [0.2, 0.25) is 0 Å². The van der Waals surface area contributed by atoms with E-state index in [1.807, 2.05) is 18.7 Å². The Morgan fingerprint density at radius 1 is 0.895 bits per heavy atom. The molecule has 0 fully saturated rings. The van der Waals surface area contributed by atoms with Gasteiger partial charge in [-0.05, 0) is 122 Å². The molecule has 0 atom stereocenters. The maximum absolute atomic E-state index is 3.53. The van der Waals surface area contributed by atoms with E-state index in [-0.39, 0.29) is 0 Å². The minimum atomic E-state index is 0.986. The molecule has 5 rings (SSSR count). The van der Waals surface area contributed by atoms with E-state index in [1.165, 1.54) is 59.8 Å². The summed E-state index contributed by atoms with van der Waals surface area (Å²) in [4.78, 5) is 0. The van der Waals surface area contributed by atoms with E-state index in [2.05, 4.69) is 134 Å². The molecule has 1 N–H and O–H groups in total. The first kappa shape index (κ1) is 27.9. The van der Waals surface area contributed by atoms with Crippen LogP contribution in [0, 0.1) is 0 Å². The van der Waals surface area contributed by atoms with Gasteiger partial charge >= 0.3 is 0 Å². The van der Waals surface area contributed by atoms with Crippen molar-refractivity contribution in [3.63, 3.8) is 0 Å². The lowest BCUT2D eigenvalue weighted by atomic mass is 9.92. The van der Waals surface area contributed by atoms with Crippen LogP contribution in [0.25, 0.3) is 55.8 Å². The molecule has 0 amide bonds. The number of thiol groups is 1. The molecule has 0 aliphatic carbocycles. The average Bonchev–Trinajstić information content (AvgIpc) is 2.98. The van der Waals surface area contributed by atoms with Gasteiger partial charge in [0.15, 0.2) is 0 Å². The second-order valence-corrected chi connectivity index (χ2v) is 10.2. The standard InChI is InChI=1S/C34H33NS.CH4S/c1-4-6-7-10-25-18-27(24(3)22-35-16-5-2)20-28(19-25)26-13-14-31-29-11-8-9-12-30(29)32-15-17-36-23-34(32)33(31)21-26;1-2/h4,6-15,18-23,35H,5,16-17H2,1-3H3;2H,1H3/b6-4-,10-7+,24-22+;. The van der Waals surface area contributed by atoms with Crippen LogP contribution in [0.4, 0.5) is 0 Å². The highest BCUT2D eigenvalue weighted by Crippen LogP contribution is 2.30. The summed E-state index contributed by atoms with van der Waals surface area (Å²) in [5.74, 6) is 1.03. The zero-order valence-corrected chi connectivity index (χ0v) is 24.5. The van der Waals surface area contributed by atoms with Crippen molar-refractivity contribution in [3.8, 4) is 11.1 Å². The van der Waals surface area contributed by atoms with Gasteiger partial charge in [-0.15, -0.1) is 11.8 Å². The van der Waals surface area contributed by atoms with Crippen LogP contribution in [0.3, 0.4) is 0 Å². The number of rotatable bonds is 7. The molecule has 1 nitrogen and oxygen atoms in total. The number of thioether (sulfide) groups is 1. The summed E-state index contributed by atoms with van der Waals surface area (Å²) in [7, 11) is 0. The fourth-order valence-corrected chi connectivity index (χ4v) is 5.69. The van der Waals surface area contributed by atoms with Crippen molar-refractivity contribution in [2.75, 3.05) is 18.6 Å². The molecule has 4 aromatic rings. The number of fused-ring (bicyclic) bond motifs is 6. The minimum absolute atomic E-state index is 0.986. The van der Waals surface area contributed by atoms with E-state index in [9.17, 15) is 0 Å². The summed E-state index contributed by atoms with van der Waals surface area (Å²) in [6.07, 6.45) is 15.8. The first-order valence-electron chi connectivity index (χ1n) is 13.3. The molecule has 3 heteroatoms. The van der Waals surface area contributed by atoms with Crippen LogP contribution in [0.2, 0.25) is 0 Å². The molecule has 0 aromatic heterocycles. The second-order valence-electron chi connectivity index (χ2n) is 9.30. The Kier molecular flexibility index (Phi) is 9.98. The molecule has 1 heterocycles. The quantitative estimate of drug-likeness (QED) is 0.107. The predicted octanol–water partition coefficient (Wildman–Crippen LogP) is 8.42. The van der Waals surface area contributed by atoms with Gasteiger partial charge < -0.3 is 5.32 Å². The maximum atomic E-state index is 3.53. The Morgan fingerprint density at radius 3 is 2.47 bits per heavy atom. The van der Waals surface area contributed by atoms with Gasteiger partial charge in [-0.3, -0.25) is 0 Å².